The average Bonchev–Trinajstić information content (AvgIpc) is 2.98. The summed E-state index contributed by atoms with van der Waals surface area (Å²) in [5, 5.41) is 2.84. The number of aromatic nitrogens is 1. The van der Waals surface area contributed by atoms with Gasteiger partial charge in [0.2, 0.25) is 15.9 Å². The highest BCUT2D eigenvalue weighted by Crippen LogP contribution is 2.21. The van der Waals surface area contributed by atoms with Gasteiger partial charge in [0, 0.05) is 25.8 Å². The number of pyridine rings is 1. The van der Waals surface area contributed by atoms with E-state index in [0.29, 0.717) is 37.7 Å². The van der Waals surface area contributed by atoms with Crippen LogP contribution in [0, 0.1) is 0 Å². The third-order valence-corrected chi connectivity index (χ3v) is 8.24. The Balaban J connectivity index is 1.40. The lowest BCUT2D eigenvalue weighted by Crippen LogP contribution is -2.48. The van der Waals surface area contributed by atoms with E-state index in [0.717, 1.165) is 5.56 Å². The lowest BCUT2D eigenvalue weighted by molar-refractivity contribution is -0.142. The van der Waals surface area contributed by atoms with Gasteiger partial charge in [-0.05, 0) is 48.9 Å². The molecule has 0 bridgehead atoms. The smallest absolute Gasteiger partial charge is 0.261 e. The highest BCUT2D eigenvalue weighted by atomic mass is 32.2. The fourth-order valence-corrected chi connectivity index (χ4v) is 5.47. The number of rotatable bonds is 11. The summed E-state index contributed by atoms with van der Waals surface area (Å²) in [6, 6.07) is 20.0. The first-order valence-corrected chi connectivity index (χ1v) is 14.1. The molecule has 2 amide bonds. The van der Waals surface area contributed by atoms with Crippen LogP contribution >= 0.6 is 0 Å². The van der Waals surface area contributed by atoms with E-state index in [2.05, 4.69) is 10.3 Å². The molecule has 1 aliphatic heterocycles. The molecule has 0 saturated carbocycles. The molecule has 1 fully saturated rings. The molecule has 3 aromatic rings. The van der Waals surface area contributed by atoms with E-state index in [1.807, 2.05) is 42.5 Å². The highest BCUT2D eigenvalue weighted by Gasteiger charge is 2.28. The molecule has 0 radical (unpaired) electrons. The minimum absolute atomic E-state index is 0.145. The van der Waals surface area contributed by atoms with Crippen LogP contribution in [0.25, 0.3) is 0 Å². The lowest BCUT2D eigenvalue weighted by atomic mass is 10.1. The van der Waals surface area contributed by atoms with Crippen LogP contribution in [0.4, 0.5) is 0 Å². The third kappa shape index (κ3) is 7.62. The molecule has 1 N–H and O–H groups in total. The second kappa shape index (κ2) is 13.3. The van der Waals surface area contributed by atoms with E-state index < -0.39 is 16.1 Å². The van der Waals surface area contributed by atoms with E-state index in [1.54, 1.807) is 19.2 Å². The lowest BCUT2D eigenvalue weighted by Gasteiger charge is -2.28. The molecule has 1 atom stereocenters. The molecule has 1 unspecified atom stereocenters. The Bertz CT molecular complexity index is 1330. The summed E-state index contributed by atoms with van der Waals surface area (Å²) in [5.41, 5.74) is 1.58. The van der Waals surface area contributed by atoms with Gasteiger partial charge in [0.15, 0.2) is 6.61 Å². The van der Waals surface area contributed by atoms with Crippen LogP contribution in [0.3, 0.4) is 0 Å². The van der Waals surface area contributed by atoms with Crippen LogP contribution in [-0.2, 0) is 37.4 Å². The van der Waals surface area contributed by atoms with Crippen molar-refractivity contribution in [3.05, 3.63) is 90.3 Å². The average molecular weight is 553 g/mol. The summed E-state index contributed by atoms with van der Waals surface area (Å²) in [5.74, 6) is -0.358. The first-order valence-electron chi connectivity index (χ1n) is 12.7. The van der Waals surface area contributed by atoms with E-state index in [1.165, 1.54) is 33.5 Å². The van der Waals surface area contributed by atoms with Crippen molar-refractivity contribution in [2.75, 3.05) is 32.9 Å². The van der Waals surface area contributed by atoms with Crippen molar-refractivity contribution in [3.63, 3.8) is 0 Å². The van der Waals surface area contributed by atoms with Gasteiger partial charge >= 0.3 is 0 Å². The second-order valence-electron chi connectivity index (χ2n) is 9.00. The number of benzene rings is 2. The highest BCUT2D eigenvalue weighted by molar-refractivity contribution is 7.89. The van der Waals surface area contributed by atoms with Gasteiger partial charge in [-0.2, -0.15) is 4.31 Å². The number of hydrogen-bond donors (Lipinski definition) is 1. The molecule has 4 rings (SSSR count). The van der Waals surface area contributed by atoms with Crippen molar-refractivity contribution >= 4 is 21.8 Å². The molecule has 1 aromatic heterocycles. The molecule has 10 nitrogen and oxygen atoms in total. The van der Waals surface area contributed by atoms with Gasteiger partial charge in [-0.1, -0.05) is 36.4 Å². The maximum absolute atomic E-state index is 13.3. The quantitative estimate of drug-likeness (QED) is 0.388. The number of sulfonamides is 1. The number of nitrogens with one attached hydrogen (secondary N) is 1. The Hall–Kier alpha value is -3.80. The molecule has 0 spiro atoms. The molecule has 2 heterocycles. The van der Waals surface area contributed by atoms with E-state index in [-0.39, 0.29) is 36.4 Å². The van der Waals surface area contributed by atoms with Gasteiger partial charge in [-0.25, -0.2) is 8.42 Å². The molecule has 1 aliphatic rings. The van der Waals surface area contributed by atoms with Crippen LogP contribution in [0.1, 0.15) is 18.2 Å². The Morgan fingerprint density at radius 1 is 1.03 bits per heavy atom. The fraction of sp³-hybridized carbons (Fsp3) is 0.321. The van der Waals surface area contributed by atoms with Gasteiger partial charge < -0.3 is 19.7 Å². The van der Waals surface area contributed by atoms with Crippen LogP contribution in [0.5, 0.6) is 5.75 Å². The van der Waals surface area contributed by atoms with Crippen molar-refractivity contribution in [2.45, 2.75) is 31.0 Å². The zero-order chi connectivity index (χ0) is 27.7. The van der Waals surface area contributed by atoms with Crippen molar-refractivity contribution in [1.29, 1.82) is 0 Å². The van der Waals surface area contributed by atoms with Crippen molar-refractivity contribution in [1.82, 2.24) is 19.5 Å². The number of hydrogen-bond acceptors (Lipinski definition) is 7. The normalized spacial score (nSPS) is 14.8. The van der Waals surface area contributed by atoms with Gasteiger partial charge in [-0.3, -0.25) is 14.6 Å². The topological polar surface area (TPSA) is 118 Å². The van der Waals surface area contributed by atoms with Gasteiger partial charge in [0.25, 0.3) is 5.91 Å². The third-order valence-electron chi connectivity index (χ3n) is 6.33. The number of carbonyl (C=O) groups excluding carboxylic acids is 2. The molecule has 11 heteroatoms. The van der Waals surface area contributed by atoms with Crippen LogP contribution < -0.4 is 10.1 Å². The predicted octanol–water partition coefficient (Wildman–Crippen LogP) is 2.21. The minimum atomic E-state index is -3.63. The van der Waals surface area contributed by atoms with Crippen LogP contribution in [0.15, 0.2) is 83.9 Å². The van der Waals surface area contributed by atoms with Gasteiger partial charge in [0.05, 0.1) is 30.3 Å². The summed E-state index contributed by atoms with van der Waals surface area (Å²) in [7, 11) is -3.63. The Morgan fingerprint density at radius 3 is 2.38 bits per heavy atom. The largest absolute Gasteiger partial charge is 0.484 e. The Kier molecular flexibility index (Phi) is 9.64. The molecule has 2 aromatic carbocycles. The van der Waals surface area contributed by atoms with Gasteiger partial charge in [-0.15, -0.1) is 0 Å². The molecular weight excluding hydrogens is 520 g/mol. The Labute approximate surface area is 228 Å². The van der Waals surface area contributed by atoms with Crippen LogP contribution in [0.2, 0.25) is 0 Å². The van der Waals surface area contributed by atoms with E-state index >= 15 is 0 Å². The monoisotopic (exact) mass is 552 g/mol. The summed E-state index contributed by atoms with van der Waals surface area (Å²) in [4.78, 5) is 32.0. The first kappa shape index (κ1) is 28.2. The van der Waals surface area contributed by atoms with Gasteiger partial charge in [0.1, 0.15) is 11.8 Å². The number of morpholine rings is 1. The minimum Gasteiger partial charge on any atom is -0.484 e. The van der Waals surface area contributed by atoms with Crippen molar-refractivity contribution in [3.8, 4) is 5.75 Å². The molecule has 206 valence electrons. The zero-order valence-corrected chi connectivity index (χ0v) is 22.5. The predicted molar refractivity (Wildman–Crippen MR) is 144 cm³/mol. The number of nitrogens with zero attached hydrogens (tertiary/aromatic N) is 3. The van der Waals surface area contributed by atoms with E-state index in [4.69, 9.17) is 9.47 Å². The fourth-order valence-electron chi connectivity index (χ4n) is 4.06. The zero-order valence-electron chi connectivity index (χ0n) is 21.7. The maximum Gasteiger partial charge on any atom is 0.261 e. The SMILES string of the molecule is CC(C(=O)NCc1ccccn1)N(Cc1ccccc1)C(=O)COc1ccc(S(=O)(=O)N2CCOCC2)cc1. The molecular formula is C28H32N4O6S. The van der Waals surface area contributed by atoms with Crippen LogP contribution in [-0.4, -0.2) is 73.4 Å². The molecule has 0 aliphatic carbocycles. The number of amides is 2. The van der Waals surface area contributed by atoms with Crippen molar-refractivity contribution < 1.29 is 27.5 Å². The summed E-state index contributed by atoms with van der Waals surface area (Å²) in [6.45, 7) is 3.15. The Morgan fingerprint density at radius 2 is 1.72 bits per heavy atom. The summed E-state index contributed by atoms with van der Waals surface area (Å²) < 4.78 is 38.0. The summed E-state index contributed by atoms with van der Waals surface area (Å²) >= 11 is 0. The summed E-state index contributed by atoms with van der Waals surface area (Å²) in [6.07, 6.45) is 1.65. The van der Waals surface area contributed by atoms with Crippen molar-refractivity contribution in [2.24, 2.45) is 0 Å². The number of carbonyl (C=O) groups is 2. The van der Waals surface area contributed by atoms with E-state index in [9.17, 15) is 18.0 Å². The molecule has 1 saturated heterocycles. The molecule has 39 heavy (non-hydrogen) atoms. The number of ether oxygens (including phenoxy) is 2. The first-order chi connectivity index (χ1) is 18.8. The maximum atomic E-state index is 13.3. The second-order valence-corrected chi connectivity index (χ2v) is 10.9. The standard InChI is InChI=1S/C28H32N4O6S/c1-22(28(34)30-19-24-9-5-6-14-29-24)32(20-23-7-3-2-4-8-23)27(33)21-38-25-10-12-26(13-11-25)39(35,36)31-15-17-37-18-16-31/h2-14,22H,15-21H2,1H3,(H,30,34).